The van der Waals surface area contributed by atoms with Gasteiger partial charge < -0.3 is 31.8 Å². The van der Waals surface area contributed by atoms with Gasteiger partial charge in [0.05, 0.1) is 18.8 Å². The van der Waals surface area contributed by atoms with Crippen LogP contribution in [0.5, 0.6) is 5.75 Å². The maximum Gasteiger partial charge on any atom is 0.737 e. The lowest BCUT2D eigenvalue weighted by molar-refractivity contribution is -0.362. The van der Waals surface area contributed by atoms with Crippen LogP contribution in [0.3, 0.4) is 0 Å². The van der Waals surface area contributed by atoms with Gasteiger partial charge in [-0.3, -0.25) is 4.79 Å². The van der Waals surface area contributed by atoms with Crippen LogP contribution in [0.15, 0.2) is 138 Å². The molecule has 4 aliphatic rings. The van der Waals surface area contributed by atoms with Crippen LogP contribution in [0.25, 0.3) is 65.9 Å². The minimum atomic E-state index is -4.59. The Morgan fingerprint density at radius 3 is 1.99 bits per heavy atom. The molecule has 0 N–H and O–H groups in total. The van der Waals surface area contributed by atoms with Gasteiger partial charge in [0.15, 0.2) is 11.4 Å². The number of ether oxygens (including phenoxy) is 3. The van der Waals surface area contributed by atoms with Gasteiger partial charge >= 0.3 is 24.9 Å². The van der Waals surface area contributed by atoms with Crippen LogP contribution >= 0.6 is 0 Å². The highest BCUT2D eigenvalue weighted by molar-refractivity contribution is 6.59. The molecule has 11 heteroatoms. The van der Waals surface area contributed by atoms with Gasteiger partial charge in [-0.2, -0.15) is 0 Å². The molecule has 0 fully saturated rings. The molecule has 0 bridgehead atoms. The van der Waals surface area contributed by atoms with Crippen LogP contribution in [0.4, 0.5) is 8.63 Å². The third-order valence-electron chi connectivity index (χ3n) is 16.2. The number of halogens is 2. The average molecular weight is 1010 g/mol. The summed E-state index contributed by atoms with van der Waals surface area (Å²) in [5.41, 5.74) is 11.0. The number of fused-ring (bicyclic) bond motifs is 7. The van der Waals surface area contributed by atoms with Crippen molar-refractivity contribution in [2.24, 2.45) is 0 Å². The smallest absolute Gasteiger partial charge is 0.463 e. The molecule has 8 aromatic rings. The van der Waals surface area contributed by atoms with Crippen LogP contribution in [0, 0.1) is 13.8 Å². The zero-order valence-corrected chi connectivity index (χ0v) is 43.5. The van der Waals surface area contributed by atoms with Crippen molar-refractivity contribution in [2.75, 3.05) is 13.2 Å². The van der Waals surface area contributed by atoms with Gasteiger partial charge in [-0.05, 0) is 186 Å². The van der Waals surface area contributed by atoms with Gasteiger partial charge in [0.1, 0.15) is 5.75 Å². The minimum absolute atomic E-state index is 0.157. The van der Waals surface area contributed by atoms with E-state index in [4.69, 9.17) is 14.2 Å². The van der Waals surface area contributed by atoms with Crippen molar-refractivity contribution in [1.82, 2.24) is 4.48 Å². The molecule has 2 aliphatic carbocycles. The van der Waals surface area contributed by atoms with Gasteiger partial charge in [-0.15, -0.1) is 0 Å². The Morgan fingerprint density at radius 2 is 1.28 bits per heavy atom. The van der Waals surface area contributed by atoms with Crippen LogP contribution < -0.4 is 4.74 Å². The number of allylic oxidation sites excluding steroid dienone is 3. The fourth-order valence-corrected chi connectivity index (χ4v) is 13.2. The molecule has 1 aromatic heterocycles. The van der Waals surface area contributed by atoms with Crippen LogP contribution in [0.2, 0.25) is 0 Å². The third kappa shape index (κ3) is 8.08. The van der Waals surface area contributed by atoms with E-state index in [0.717, 1.165) is 81.3 Å². The molecule has 0 atom stereocenters. The largest absolute Gasteiger partial charge is 0.737 e. The summed E-state index contributed by atoms with van der Waals surface area (Å²) in [4.78, 5) is 39.6. The van der Waals surface area contributed by atoms with Crippen LogP contribution in [-0.2, 0) is 43.1 Å². The van der Waals surface area contributed by atoms with E-state index in [1.54, 1.807) is 13.8 Å². The molecule has 0 saturated heterocycles. The summed E-state index contributed by atoms with van der Waals surface area (Å²) in [6.45, 7) is 3.20. The summed E-state index contributed by atoms with van der Waals surface area (Å²) >= 11 is 0. The lowest BCUT2D eigenvalue weighted by atomic mass is 9.78. The topological polar surface area (TPSA) is 86.8 Å². The lowest BCUT2D eigenvalue weighted by Gasteiger charge is -2.35. The number of hydrogen-bond donors (Lipinski definition) is 0. The summed E-state index contributed by atoms with van der Waals surface area (Å²) in [6, 6.07) is 35.7. The molecule has 12 rings (SSSR count). The number of esters is 3. The monoisotopic (exact) mass is 1010 g/mol. The van der Waals surface area contributed by atoms with Gasteiger partial charge in [-0.25, -0.2) is 9.59 Å². The standard InChI is InChI=1S/C65H59BF2N2O6/c1-5-74-57(71)35-33-54-46-21-7-9-23-52(46)64-63(65-53-24-10-8-22-47(53)55(34-36-58(72)75-6-2)70(65)66(67,68)69(54)64)60-39(3)37-43(38-40(60)4)44-20-11-12-29-56(44)76-59(73)30-15-17-41-31-32-51-49-27-14-19-42-18-13-26-48(61(42)49)50-28-16-25-45(41)62(50)51/h11-14,16,18-20,25-29,31-38H,5-10,15,17,21-24,30H2,1-4H3/b35-33+,36-34+. The number of rotatable bonds is 13. The number of aromatic nitrogens is 1. The van der Waals surface area contributed by atoms with E-state index in [1.807, 2.05) is 38.1 Å². The zero-order chi connectivity index (χ0) is 52.4. The van der Waals surface area contributed by atoms with Crippen LogP contribution in [-0.4, -0.2) is 52.8 Å². The molecule has 0 radical (unpaired) electrons. The van der Waals surface area contributed by atoms with Gasteiger partial charge in [0, 0.05) is 52.7 Å². The van der Waals surface area contributed by atoms with E-state index < -0.39 is 18.9 Å². The number of hydrogen-bond acceptors (Lipinski definition) is 6. The van der Waals surface area contributed by atoms with Crippen molar-refractivity contribution in [2.45, 2.75) is 98.3 Å². The normalized spacial score (nSPS) is 16.1. The van der Waals surface area contributed by atoms with E-state index in [0.29, 0.717) is 67.1 Å². The zero-order valence-electron chi connectivity index (χ0n) is 43.5. The summed E-state index contributed by atoms with van der Waals surface area (Å²) in [7, 11) is 0. The first-order valence-corrected chi connectivity index (χ1v) is 27.1. The van der Waals surface area contributed by atoms with Crippen molar-refractivity contribution in [3.05, 3.63) is 183 Å². The molecule has 2 aliphatic heterocycles. The fraction of sp³-hybridized carbons (Fsp3) is 0.262. The molecule has 7 aromatic carbocycles. The van der Waals surface area contributed by atoms with Crippen molar-refractivity contribution in [3.8, 4) is 16.9 Å². The quantitative estimate of drug-likeness (QED) is 0.0286. The number of para-hydroxylation sites is 1. The summed E-state index contributed by atoms with van der Waals surface area (Å²) in [6.07, 6.45) is 12.8. The number of carbonyl (C=O) groups is 3. The van der Waals surface area contributed by atoms with E-state index in [-0.39, 0.29) is 25.6 Å². The SMILES string of the molecule is CCOC(=O)/C=C/C1=[N+]2C(=C(c3c(C)cc(-c4ccccc4OC(=O)CCCc4ccc5c6cccc7cccc(c8cccc4c85)c76)cc3C)c3c4c(c(/C=C/C(=O)OCC)n3[B-]2(F)F)CCCC4)C2=C1CCCC2. The second-order valence-electron chi connectivity index (χ2n) is 20.7. The molecule has 8 nitrogen and oxygen atoms in total. The van der Waals surface area contributed by atoms with Crippen molar-refractivity contribution >= 4 is 85.3 Å². The Hall–Kier alpha value is -7.92. The molecule has 76 heavy (non-hydrogen) atoms. The predicted octanol–water partition coefficient (Wildman–Crippen LogP) is 14.7. The first kappa shape index (κ1) is 49.0. The maximum absolute atomic E-state index is 18.3. The summed E-state index contributed by atoms with van der Waals surface area (Å²) in [5.74, 6) is -1.08. The van der Waals surface area contributed by atoms with Gasteiger partial charge in [-0.1, -0.05) is 97.1 Å². The van der Waals surface area contributed by atoms with Crippen molar-refractivity contribution < 1.29 is 41.7 Å². The fourth-order valence-electron chi connectivity index (χ4n) is 13.2. The molecule has 382 valence electrons. The second kappa shape index (κ2) is 19.7. The Morgan fingerprint density at radius 1 is 0.671 bits per heavy atom. The van der Waals surface area contributed by atoms with Crippen LogP contribution in [0.1, 0.15) is 110 Å². The first-order valence-electron chi connectivity index (χ1n) is 27.1. The van der Waals surface area contributed by atoms with E-state index in [1.165, 1.54) is 81.9 Å². The molecular weight excluding hydrogens is 954 g/mol. The Kier molecular flexibility index (Phi) is 12.7. The van der Waals surface area contributed by atoms with E-state index >= 15 is 8.63 Å². The first-order chi connectivity index (χ1) is 37.0. The highest BCUT2D eigenvalue weighted by atomic mass is 19.2. The lowest BCUT2D eigenvalue weighted by Crippen LogP contribution is -2.52. The second-order valence-corrected chi connectivity index (χ2v) is 20.7. The summed E-state index contributed by atoms with van der Waals surface area (Å²) < 4.78 is 55.8. The number of benzene rings is 7. The van der Waals surface area contributed by atoms with Crippen molar-refractivity contribution in [1.29, 1.82) is 0 Å². The number of nitrogens with zero attached hydrogens (tertiary/aromatic N) is 2. The molecule has 0 amide bonds. The highest BCUT2D eigenvalue weighted by Gasteiger charge is 2.58. The predicted molar refractivity (Wildman–Crippen MR) is 300 cm³/mol. The Bertz CT molecular complexity index is 3850. The molecular formula is C65H59BF2N2O6. The minimum Gasteiger partial charge on any atom is -0.463 e. The van der Waals surface area contributed by atoms with Gasteiger partial charge in [0.25, 0.3) is 0 Å². The van der Waals surface area contributed by atoms with Crippen molar-refractivity contribution in [3.63, 3.8) is 0 Å². The van der Waals surface area contributed by atoms with E-state index in [2.05, 4.69) is 78.9 Å². The highest BCUT2D eigenvalue weighted by Crippen LogP contribution is 2.53. The number of aryl methyl sites for hydroxylation is 3. The molecule has 0 spiro atoms. The number of carbonyl (C=O) groups excluding carboxylic acids is 3. The Balaban J connectivity index is 0.909. The average Bonchev–Trinajstić information content (AvgIpc) is 4.09. The molecule has 0 unspecified atom stereocenters. The third-order valence-corrected chi connectivity index (χ3v) is 16.2. The molecule has 3 heterocycles. The molecule has 0 saturated carbocycles. The van der Waals surface area contributed by atoms with Gasteiger partial charge in [0.2, 0.25) is 0 Å². The van der Waals surface area contributed by atoms with E-state index in [9.17, 15) is 14.4 Å². The maximum atomic E-state index is 18.3. The summed E-state index contributed by atoms with van der Waals surface area (Å²) in [5, 5.41) is 9.94. The Labute approximate surface area is 441 Å².